The predicted molar refractivity (Wildman–Crippen MR) is 91.3 cm³/mol. The maximum absolute atomic E-state index is 11.9. The average molecular weight is 339 g/mol. The van der Waals surface area contributed by atoms with Crippen LogP contribution in [-0.2, 0) is 11.3 Å². The van der Waals surface area contributed by atoms with Crippen molar-refractivity contribution in [1.29, 1.82) is 0 Å². The van der Waals surface area contributed by atoms with Gasteiger partial charge in [-0.25, -0.2) is 0 Å². The monoisotopic (exact) mass is 339 g/mol. The molecule has 0 unspecified atom stereocenters. The van der Waals surface area contributed by atoms with Gasteiger partial charge < -0.3 is 14.8 Å². The summed E-state index contributed by atoms with van der Waals surface area (Å²) in [6.45, 7) is 0.827. The Morgan fingerprint density at radius 3 is 3.05 bits per heavy atom. The predicted octanol–water partition coefficient (Wildman–Crippen LogP) is 3.75. The lowest BCUT2D eigenvalue weighted by atomic mass is 10.1. The highest BCUT2D eigenvalue weighted by Gasteiger charge is 2.16. The van der Waals surface area contributed by atoms with Crippen LogP contribution in [0.5, 0.6) is 11.5 Å². The van der Waals surface area contributed by atoms with Crippen LogP contribution in [-0.4, -0.2) is 23.7 Å². The molecule has 0 spiro atoms. The topological polar surface area (TPSA) is 47.6 Å². The van der Waals surface area contributed by atoms with Crippen LogP contribution in [0.4, 0.5) is 0 Å². The van der Waals surface area contributed by atoms with E-state index in [2.05, 4.69) is 5.32 Å². The van der Waals surface area contributed by atoms with E-state index >= 15 is 0 Å². The van der Waals surface area contributed by atoms with Crippen LogP contribution in [0.3, 0.4) is 0 Å². The van der Waals surface area contributed by atoms with Gasteiger partial charge in [0.1, 0.15) is 0 Å². The molecule has 22 heavy (non-hydrogen) atoms. The van der Waals surface area contributed by atoms with Crippen LogP contribution in [0.2, 0.25) is 0 Å². The smallest absolute Gasteiger partial charge is 0.231 e. The van der Waals surface area contributed by atoms with E-state index in [1.165, 1.54) is 18.6 Å². The molecule has 6 heteroatoms. The zero-order valence-corrected chi connectivity index (χ0v) is 14.1. The number of fused-ring (bicyclic) bond motifs is 1. The van der Waals surface area contributed by atoms with Crippen molar-refractivity contribution in [1.82, 2.24) is 5.32 Å². The maximum Gasteiger partial charge on any atom is 0.231 e. The first-order valence-electron chi connectivity index (χ1n) is 7.75. The molecular weight excluding hydrogens is 318 g/mol. The molecule has 1 saturated heterocycles. The van der Waals surface area contributed by atoms with Crippen LogP contribution in [0.25, 0.3) is 0 Å². The number of carbonyl (C=O) groups excluding carboxylic acids is 1. The van der Waals surface area contributed by atoms with E-state index in [4.69, 9.17) is 9.47 Å². The highest BCUT2D eigenvalue weighted by molar-refractivity contribution is 8.77. The van der Waals surface area contributed by atoms with Gasteiger partial charge >= 0.3 is 0 Å². The van der Waals surface area contributed by atoms with E-state index in [0.717, 1.165) is 35.2 Å². The summed E-state index contributed by atoms with van der Waals surface area (Å²) in [6, 6.07) is 5.78. The van der Waals surface area contributed by atoms with Crippen molar-refractivity contribution in [3.8, 4) is 11.5 Å². The standard InChI is InChI=1S/C16H21NO3S2/c18-16(4-2-1-3-13-7-8-21-22-13)17-10-12-5-6-14-15(9-12)20-11-19-14/h5-6,9,13H,1-4,7-8,10-11H2,(H,17,18)/t13-/m0/s1. The Morgan fingerprint density at radius 2 is 2.18 bits per heavy atom. The summed E-state index contributed by atoms with van der Waals surface area (Å²) in [5, 5.41) is 3.78. The molecule has 1 fully saturated rings. The summed E-state index contributed by atoms with van der Waals surface area (Å²) in [5.74, 6) is 2.95. The number of nitrogens with one attached hydrogen (secondary N) is 1. The first kappa shape index (κ1) is 15.9. The molecule has 3 rings (SSSR count). The molecule has 0 aromatic heterocycles. The SMILES string of the molecule is O=C(CCCC[C@H]1CCSS1)NCc1ccc2c(c1)OCO2. The highest BCUT2D eigenvalue weighted by atomic mass is 33.1. The molecule has 0 aliphatic carbocycles. The number of carbonyl (C=O) groups is 1. The van der Waals surface area contributed by atoms with Gasteiger partial charge in [-0.05, 0) is 37.0 Å². The summed E-state index contributed by atoms with van der Waals surface area (Å²) in [6.07, 6.45) is 5.32. The van der Waals surface area contributed by atoms with E-state index in [0.29, 0.717) is 13.0 Å². The van der Waals surface area contributed by atoms with Gasteiger partial charge in [0, 0.05) is 24.0 Å². The Morgan fingerprint density at radius 1 is 1.27 bits per heavy atom. The van der Waals surface area contributed by atoms with Crippen LogP contribution in [0.1, 0.15) is 37.7 Å². The molecule has 0 radical (unpaired) electrons. The number of hydrogen-bond acceptors (Lipinski definition) is 5. The third-order valence-electron chi connectivity index (χ3n) is 3.83. The maximum atomic E-state index is 11.9. The second-order valence-corrected chi connectivity index (χ2v) is 8.33. The third-order valence-corrected chi connectivity index (χ3v) is 6.84. The Kier molecular flexibility index (Phi) is 5.78. The van der Waals surface area contributed by atoms with Gasteiger partial charge in [0.2, 0.25) is 12.7 Å². The van der Waals surface area contributed by atoms with E-state index < -0.39 is 0 Å². The van der Waals surface area contributed by atoms with E-state index in [-0.39, 0.29) is 12.7 Å². The molecular formula is C16H21NO3S2. The van der Waals surface area contributed by atoms with Gasteiger partial charge in [0.05, 0.1) is 0 Å². The summed E-state index contributed by atoms with van der Waals surface area (Å²) < 4.78 is 10.6. The number of ether oxygens (including phenoxy) is 2. The first-order valence-corrected chi connectivity index (χ1v) is 10.1. The molecule has 0 saturated carbocycles. The zero-order valence-electron chi connectivity index (χ0n) is 12.5. The van der Waals surface area contributed by atoms with Gasteiger partial charge in [-0.3, -0.25) is 4.79 Å². The zero-order chi connectivity index (χ0) is 15.2. The Labute approximate surface area is 139 Å². The van der Waals surface area contributed by atoms with Gasteiger partial charge in [0.25, 0.3) is 0 Å². The number of hydrogen-bond donors (Lipinski definition) is 1. The summed E-state index contributed by atoms with van der Waals surface area (Å²) >= 11 is 0. The molecule has 2 aliphatic rings. The number of amides is 1. The lowest BCUT2D eigenvalue weighted by Crippen LogP contribution is -2.22. The largest absolute Gasteiger partial charge is 0.454 e. The number of unbranched alkanes of at least 4 members (excludes halogenated alkanes) is 1. The van der Waals surface area contributed by atoms with Crippen molar-refractivity contribution in [3.05, 3.63) is 23.8 Å². The average Bonchev–Trinajstić information content (AvgIpc) is 3.20. The molecule has 1 N–H and O–H groups in total. The second-order valence-electron chi connectivity index (χ2n) is 5.54. The molecule has 4 nitrogen and oxygen atoms in total. The highest BCUT2D eigenvalue weighted by Crippen LogP contribution is 2.39. The van der Waals surface area contributed by atoms with Crippen molar-refractivity contribution in [3.63, 3.8) is 0 Å². The number of rotatable bonds is 7. The molecule has 1 amide bonds. The van der Waals surface area contributed by atoms with Gasteiger partial charge in [-0.2, -0.15) is 0 Å². The fourth-order valence-electron chi connectivity index (χ4n) is 2.56. The van der Waals surface area contributed by atoms with Crippen molar-refractivity contribution >= 4 is 27.5 Å². The second kappa shape index (κ2) is 8.02. The van der Waals surface area contributed by atoms with Crippen LogP contribution in [0.15, 0.2) is 18.2 Å². The minimum atomic E-state index is 0.131. The molecule has 1 atom stereocenters. The summed E-state index contributed by atoms with van der Waals surface area (Å²) in [4.78, 5) is 11.9. The minimum absolute atomic E-state index is 0.131. The van der Waals surface area contributed by atoms with Crippen molar-refractivity contribution < 1.29 is 14.3 Å². The van der Waals surface area contributed by atoms with Gasteiger partial charge in [0.15, 0.2) is 11.5 Å². The quantitative estimate of drug-likeness (QED) is 0.606. The molecule has 0 bridgehead atoms. The molecule has 2 aliphatic heterocycles. The molecule has 120 valence electrons. The molecule has 1 aromatic rings. The van der Waals surface area contributed by atoms with Crippen molar-refractivity contribution in [2.24, 2.45) is 0 Å². The van der Waals surface area contributed by atoms with Crippen molar-refractivity contribution in [2.75, 3.05) is 12.5 Å². The van der Waals surface area contributed by atoms with E-state index in [1.807, 2.05) is 39.8 Å². The van der Waals surface area contributed by atoms with Crippen LogP contribution in [0, 0.1) is 0 Å². The van der Waals surface area contributed by atoms with Crippen LogP contribution < -0.4 is 14.8 Å². The Balaban J connectivity index is 1.32. The lowest BCUT2D eigenvalue weighted by Gasteiger charge is -2.08. The van der Waals surface area contributed by atoms with Crippen LogP contribution >= 0.6 is 21.6 Å². The summed E-state index contributed by atoms with van der Waals surface area (Å²) in [7, 11) is 3.99. The van der Waals surface area contributed by atoms with Crippen molar-refractivity contribution in [2.45, 2.75) is 43.9 Å². The Hall–Kier alpha value is -1.01. The third kappa shape index (κ3) is 4.49. The van der Waals surface area contributed by atoms with E-state index in [9.17, 15) is 4.79 Å². The Bertz CT molecular complexity index is 518. The number of benzene rings is 1. The van der Waals surface area contributed by atoms with Gasteiger partial charge in [-0.1, -0.05) is 34.1 Å². The van der Waals surface area contributed by atoms with E-state index in [1.54, 1.807) is 0 Å². The lowest BCUT2D eigenvalue weighted by molar-refractivity contribution is -0.121. The minimum Gasteiger partial charge on any atom is -0.454 e. The fraction of sp³-hybridized carbons (Fsp3) is 0.562. The first-order chi connectivity index (χ1) is 10.8. The molecule has 1 aromatic carbocycles. The fourth-order valence-corrected chi connectivity index (χ4v) is 5.59. The van der Waals surface area contributed by atoms with Gasteiger partial charge in [-0.15, -0.1) is 0 Å². The molecule has 2 heterocycles. The summed E-state index contributed by atoms with van der Waals surface area (Å²) in [5.41, 5.74) is 1.04. The normalized spacial score (nSPS) is 19.4.